The van der Waals surface area contributed by atoms with Crippen molar-refractivity contribution in [1.29, 1.82) is 0 Å². The van der Waals surface area contributed by atoms with Crippen LogP contribution in [-0.2, 0) is 17.8 Å². The fourth-order valence-electron chi connectivity index (χ4n) is 4.08. The molecular formula is C25H33N3O5. The second-order valence-electron chi connectivity index (χ2n) is 7.78. The van der Waals surface area contributed by atoms with Gasteiger partial charge in [0.05, 0.1) is 28.4 Å². The first-order valence-electron chi connectivity index (χ1n) is 10.9. The molecule has 8 nitrogen and oxygen atoms in total. The van der Waals surface area contributed by atoms with Gasteiger partial charge in [-0.15, -0.1) is 0 Å². The number of methoxy groups -OCH3 is 4. The molecule has 1 aromatic heterocycles. The summed E-state index contributed by atoms with van der Waals surface area (Å²) in [6, 6.07) is 9.71. The van der Waals surface area contributed by atoms with Gasteiger partial charge >= 0.3 is 0 Å². The van der Waals surface area contributed by atoms with Gasteiger partial charge in [-0.1, -0.05) is 0 Å². The van der Waals surface area contributed by atoms with Crippen molar-refractivity contribution < 1.29 is 23.7 Å². The van der Waals surface area contributed by atoms with Gasteiger partial charge in [-0.05, 0) is 54.8 Å². The van der Waals surface area contributed by atoms with Crippen molar-refractivity contribution in [2.75, 3.05) is 41.5 Å². The van der Waals surface area contributed by atoms with Crippen molar-refractivity contribution >= 4 is 16.8 Å². The summed E-state index contributed by atoms with van der Waals surface area (Å²) in [5, 5.41) is 1.10. The maximum atomic E-state index is 12.9. The molecule has 0 unspecified atom stereocenters. The standard InChI is InChI=1S/C25H33N3O5/c1-16-19(20-14-18(30-2)6-7-21(20)27-16)9-11-28(24(29)8-10-26)15-17-12-22(31-3)25(33-5)23(13-17)32-4/h6-7,12-14,27H,8-11,15,26H2,1-5H3. The van der Waals surface area contributed by atoms with E-state index in [2.05, 4.69) is 4.98 Å². The van der Waals surface area contributed by atoms with Crippen LogP contribution in [0, 0.1) is 6.92 Å². The Hall–Kier alpha value is -3.39. The van der Waals surface area contributed by atoms with Gasteiger partial charge in [-0.3, -0.25) is 4.79 Å². The number of nitrogens with one attached hydrogen (secondary N) is 1. The summed E-state index contributed by atoms with van der Waals surface area (Å²) >= 11 is 0. The zero-order valence-electron chi connectivity index (χ0n) is 20.0. The van der Waals surface area contributed by atoms with Gasteiger partial charge in [0.25, 0.3) is 0 Å². The second kappa shape index (κ2) is 11.0. The summed E-state index contributed by atoms with van der Waals surface area (Å²) in [6.45, 7) is 3.29. The van der Waals surface area contributed by atoms with Crippen molar-refractivity contribution in [2.24, 2.45) is 5.73 Å². The van der Waals surface area contributed by atoms with E-state index in [9.17, 15) is 4.79 Å². The number of carbonyl (C=O) groups excluding carboxylic acids is 1. The van der Waals surface area contributed by atoms with E-state index in [1.807, 2.05) is 42.2 Å². The molecule has 0 aliphatic heterocycles. The third kappa shape index (κ3) is 5.34. The number of aromatic amines is 1. The molecule has 0 saturated carbocycles. The molecule has 0 spiro atoms. The van der Waals surface area contributed by atoms with Gasteiger partial charge in [0.1, 0.15) is 5.75 Å². The molecule has 178 valence electrons. The number of nitrogens with two attached hydrogens (primary N) is 1. The molecule has 0 bridgehead atoms. The Kier molecular flexibility index (Phi) is 8.06. The minimum Gasteiger partial charge on any atom is -0.497 e. The second-order valence-corrected chi connectivity index (χ2v) is 7.78. The van der Waals surface area contributed by atoms with E-state index in [-0.39, 0.29) is 12.3 Å². The molecule has 0 atom stereocenters. The maximum absolute atomic E-state index is 12.9. The lowest BCUT2D eigenvalue weighted by molar-refractivity contribution is -0.131. The molecule has 2 aromatic carbocycles. The van der Waals surface area contributed by atoms with Crippen LogP contribution in [0.5, 0.6) is 23.0 Å². The van der Waals surface area contributed by atoms with E-state index in [0.29, 0.717) is 43.3 Å². The molecule has 8 heteroatoms. The van der Waals surface area contributed by atoms with E-state index in [0.717, 1.165) is 27.9 Å². The van der Waals surface area contributed by atoms with Crippen LogP contribution in [-0.4, -0.2) is 57.3 Å². The van der Waals surface area contributed by atoms with Crippen molar-refractivity contribution in [3.8, 4) is 23.0 Å². The van der Waals surface area contributed by atoms with Crippen LogP contribution in [0.25, 0.3) is 10.9 Å². The summed E-state index contributed by atoms with van der Waals surface area (Å²) in [5.74, 6) is 2.43. The zero-order valence-corrected chi connectivity index (χ0v) is 20.0. The highest BCUT2D eigenvalue weighted by Gasteiger charge is 2.19. The Bertz CT molecular complexity index is 1080. The molecule has 3 aromatic rings. The monoisotopic (exact) mass is 455 g/mol. The topological polar surface area (TPSA) is 99.0 Å². The minimum absolute atomic E-state index is 0.00123. The van der Waals surface area contributed by atoms with Crippen LogP contribution in [0.4, 0.5) is 0 Å². The van der Waals surface area contributed by atoms with E-state index in [4.69, 9.17) is 24.7 Å². The first-order chi connectivity index (χ1) is 15.9. The number of benzene rings is 2. The Morgan fingerprint density at radius 2 is 1.70 bits per heavy atom. The lowest BCUT2D eigenvalue weighted by Crippen LogP contribution is -2.33. The molecule has 0 aliphatic rings. The van der Waals surface area contributed by atoms with Crippen LogP contribution in [0.2, 0.25) is 0 Å². The number of aryl methyl sites for hydroxylation is 1. The highest BCUT2D eigenvalue weighted by atomic mass is 16.5. The fourth-order valence-corrected chi connectivity index (χ4v) is 4.08. The van der Waals surface area contributed by atoms with Gasteiger partial charge in [0.2, 0.25) is 11.7 Å². The maximum Gasteiger partial charge on any atom is 0.224 e. The number of H-pyrrole nitrogens is 1. The first-order valence-corrected chi connectivity index (χ1v) is 10.9. The summed E-state index contributed by atoms with van der Waals surface area (Å²) in [5.41, 5.74) is 9.87. The van der Waals surface area contributed by atoms with E-state index in [1.165, 1.54) is 5.56 Å². The fraction of sp³-hybridized carbons (Fsp3) is 0.400. The Morgan fingerprint density at radius 3 is 2.27 bits per heavy atom. The van der Waals surface area contributed by atoms with Crippen LogP contribution >= 0.6 is 0 Å². The van der Waals surface area contributed by atoms with Gasteiger partial charge in [-0.25, -0.2) is 0 Å². The lowest BCUT2D eigenvalue weighted by Gasteiger charge is -2.24. The van der Waals surface area contributed by atoms with Crippen molar-refractivity contribution in [1.82, 2.24) is 9.88 Å². The Balaban J connectivity index is 1.88. The number of nitrogens with zero attached hydrogens (tertiary/aromatic N) is 1. The molecule has 1 heterocycles. The normalized spacial score (nSPS) is 10.8. The summed E-state index contributed by atoms with van der Waals surface area (Å²) in [7, 11) is 6.37. The predicted octanol–water partition coefficient (Wildman–Crippen LogP) is 3.43. The third-order valence-corrected chi connectivity index (χ3v) is 5.77. The molecule has 3 N–H and O–H groups in total. The highest BCUT2D eigenvalue weighted by molar-refractivity contribution is 5.86. The number of carbonyl (C=O) groups is 1. The van der Waals surface area contributed by atoms with Gasteiger partial charge in [0.15, 0.2) is 11.5 Å². The molecule has 1 amide bonds. The molecule has 0 fully saturated rings. The minimum atomic E-state index is 0.00123. The van der Waals surface area contributed by atoms with Crippen molar-refractivity contribution in [3.63, 3.8) is 0 Å². The number of fused-ring (bicyclic) bond motifs is 1. The molecule has 33 heavy (non-hydrogen) atoms. The smallest absolute Gasteiger partial charge is 0.224 e. The average molecular weight is 456 g/mol. The molecule has 0 aliphatic carbocycles. The average Bonchev–Trinajstić information content (AvgIpc) is 3.14. The number of hydrogen-bond donors (Lipinski definition) is 2. The lowest BCUT2D eigenvalue weighted by atomic mass is 10.1. The number of aromatic nitrogens is 1. The van der Waals surface area contributed by atoms with Crippen LogP contribution in [0.1, 0.15) is 23.2 Å². The summed E-state index contributed by atoms with van der Waals surface area (Å²) in [4.78, 5) is 18.2. The molecule has 0 saturated heterocycles. The molecule has 3 rings (SSSR count). The van der Waals surface area contributed by atoms with Gasteiger partial charge in [0, 0.05) is 42.7 Å². The Morgan fingerprint density at radius 1 is 1.00 bits per heavy atom. The highest BCUT2D eigenvalue weighted by Crippen LogP contribution is 2.38. The molecule has 0 radical (unpaired) electrons. The zero-order chi connectivity index (χ0) is 24.0. The largest absolute Gasteiger partial charge is 0.497 e. The number of hydrogen-bond acceptors (Lipinski definition) is 6. The first kappa shape index (κ1) is 24.3. The van der Waals surface area contributed by atoms with Gasteiger partial charge in [-0.2, -0.15) is 0 Å². The predicted molar refractivity (Wildman–Crippen MR) is 128 cm³/mol. The van der Waals surface area contributed by atoms with Gasteiger partial charge < -0.3 is 34.6 Å². The molecular weight excluding hydrogens is 422 g/mol. The van der Waals surface area contributed by atoms with Crippen LogP contribution < -0.4 is 24.7 Å². The number of amides is 1. The van der Waals surface area contributed by atoms with Crippen molar-refractivity contribution in [2.45, 2.75) is 26.3 Å². The van der Waals surface area contributed by atoms with Crippen LogP contribution in [0.3, 0.4) is 0 Å². The van der Waals surface area contributed by atoms with E-state index in [1.54, 1.807) is 28.4 Å². The van der Waals surface area contributed by atoms with E-state index < -0.39 is 0 Å². The van der Waals surface area contributed by atoms with Crippen molar-refractivity contribution in [3.05, 3.63) is 47.2 Å². The third-order valence-electron chi connectivity index (χ3n) is 5.77. The van der Waals surface area contributed by atoms with Crippen LogP contribution in [0.15, 0.2) is 30.3 Å². The van der Waals surface area contributed by atoms with E-state index >= 15 is 0 Å². The number of ether oxygens (including phenoxy) is 4. The number of rotatable bonds is 11. The SMILES string of the molecule is COc1ccc2[nH]c(C)c(CCN(Cc3cc(OC)c(OC)c(OC)c3)C(=O)CCN)c2c1. The quantitative estimate of drug-likeness (QED) is 0.460. The Labute approximate surface area is 194 Å². The summed E-state index contributed by atoms with van der Waals surface area (Å²) in [6.07, 6.45) is 0.977. The summed E-state index contributed by atoms with van der Waals surface area (Å²) < 4.78 is 21.7.